The Morgan fingerprint density at radius 2 is 1.82 bits per heavy atom. The largest absolute Gasteiger partial charge is 0.327 e. The van der Waals surface area contributed by atoms with Gasteiger partial charge in [-0.15, -0.1) is 0 Å². The minimum Gasteiger partial charge on any atom is -0.327 e. The van der Waals surface area contributed by atoms with Gasteiger partial charge in [0.15, 0.2) is 0 Å². The van der Waals surface area contributed by atoms with Gasteiger partial charge in [0.25, 0.3) is 5.91 Å². The molecule has 1 aliphatic rings. The van der Waals surface area contributed by atoms with Crippen LogP contribution in [0.1, 0.15) is 35.7 Å². The fourth-order valence-corrected chi connectivity index (χ4v) is 3.88. The smallest absolute Gasteiger partial charge is 0.277 e. The van der Waals surface area contributed by atoms with Crippen molar-refractivity contribution < 1.29 is 4.79 Å². The lowest BCUT2D eigenvalue weighted by Gasteiger charge is -2.25. The standard InChI is InChI=1S/C23H24N4O/c1-4-26(19-11-6-5-7-12-19)22-15-20(24-17(3)25-22)23(28)27-16(2)14-18-10-8-9-13-21(18)27/h5-13,15-16H,4,14H2,1-3H3. The van der Waals surface area contributed by atoms with Crippen LogP contribution < -0.4 is 9.80 Å². The number of para-hydroxylation sites is 2. The van der Waals surface area contributed by atoms with Crippen molar-refractivity contribution in [2.75, 3.05) is 16.3 Å². The molecule has 1 amide bonds. The summed E-state index contributed by atoms with van der Waals surface area (Å²) in [7, 11) is 0. The minimum absolute atomic E-state index is 0.0756. The first kappa shape index (κ1) is 18.2. The second kappa shape index (κ2) is 7.43. The molecule has 0 aliphatic carbocycles. The molecule has 2 heterocycles. The number of rotatable bonds is 4. The predicted octanol–water partition coefficient (Wildman–Crippen LogP) is 4.53. The summed E-state index contributed by atoms with van der Waals surface area (Å²) in [6.07, 6.45) is 0.865. The molecule has 0 saturated carbocycles. The van der Waals surface area contributed by atoms with Crippen molar-refractivity contribution in [3.8, 4) is 0 Å². The second-order valence-corrected chi connectivity index (χ2v) is 7.10. The van der Waals surface area contributed by atoms with E-state index in [2.05, 4.69) is 34.8 Å². The summed E-state index contributed by atoms with van der Waals surface area (Å²) in [5.41, 5.74) is 3.66. The van der Waals surface area contributed by atoms with Crippen LogP contribution in [0.15, 0.2) is 60.7 Å². The Morgan fingerprint density at radius 3 is 2.57 bits per heavy atom. The number of amides is 1. The molecule has 1 atom stereocenters. The van der Waals surface area contributed by atoms with Crippen LogP contribution in [0.3, 0.4) is 0 Å². The summed E-state index contributed by atoms with van der Waals surface area (Å²) in [6.45, 7) is 6.73. The summed E-state index contributed by atoms with van der Waals surface area (Å²) in [4.78, 5) is 26.4. The van der Waals surface area contributed by atoms with Crippen molar-refractivity contribution in [3.63, 3.8) is 0 Å². The third-order valence-electron chi connectivity index (χ3n) is 5.13. The van der Waals surface area contributed by atoms with Crippen molar-refractivity contribution in [1.82, 2.24) is 9.97 Å². The monoisotopic (exact) mass is 372 g/mol. The van der Waals surface area contributed by atoms with Crippen LogP contribution in [-0.2, 0) is 6.42 Å². The first-order valence-corrected chi connectivity index (χ1v) is 9.68. The molecular weight excluding hydrogens is 348 g/mol. The highest BCUT2D eigenvalue weighted by Crippen LogP contribution is 2.33. The van der Waals surface area contributed by atoms with Gasteiger partial charge in [-0.2, -0.15) is 0 Å². The quantitative estimate of drug-likeness (QED) is 0.675. The van der Waals surface area contributed by atoms with Gasteiger partial charge in [-0.05, 0) is 51.0 Å². The number of aryl methyl sites for hydroxylation is 1. The topological polar surface area (TPSA) is 49.3 Å². The van der Waals surface area contributed by atoms with Crippen molar-refractivity contribution in [1.29, 1.82) is 0 Å². The SMILES string of the molecule is CCN(c1ccccc1)c1cc(C(=O)N2c3ccccc3CC2C)nc(C)n1. The van der Waals surface area contributed by atoms with Crippen LogP contribution in [0.2, 0.25) is 0 Å². The van der Waals surface area contributed by atoms with Crippen molar-refractivity contribution in [3.05, 3.63) is 77.7 Å². The van der Waals surface area contributed by atoms with Gasteiger partial charge >= 0.3 is 0 Å². The van der Waals surface area contributed by atoms with E-state index in [0.717, 1.165) is 30.2 Å². The Hall–Kier alpha value is -3.21. The maximum absolute atomic E-state index is 13.4. The zero-order chi connectivity index (χ0) is 19.7. The summed E-state index contributed by atoms with van der Waals surface area (Å²) < 4.78 is 0. The molecule has 0 radical (unpaired) electrons. The number of nitrogens with zero attached hydrogens (tertiary/aromatic N) is 4. The molecule has 1 unspecified atom stereocenters. The number of fused-ring (bicyclic) bond motifs is 1. The van der Waals surface area contributed by atoms with Gasteiger partial charge in [0.2, 0.25) is 0 Å². The molecule has 5 nitrogen and oxygen atoms in total. The van der Waals surface area contributed by atoms with Gasteiger partial charge in [0.05, 0.1) is 0 Å². The van der Waals surface area contributed by atoms with E-state index in [1.165, 1.54) is 5.56 Å². The minimum atomic E-state index is -0.0756. The summed E-state index contributed by atoms with van der Waals surface area (Å²) >= 11 is 0. The maximum atomic E-state index is 13.4. The van der Waals surface area contributed by atoms with E-state index < -0.39 is 0 Å². The molecule has 142 valence electrons. The van der Waals surface area contributed by atoms with E-state index in [0.29, 0.717) is 11.5 Å². The van der Waals surface area contributed by atoms with Crippen molar-refractivity contribution in [2.45, 2.75) is 33.2 Å². The molecule has 2 aromatic carbocycles. The third-order valence-corrected chi connectivity index (χ3v) is 5.13. The van der Waals surface area contributed by atoms with E-state index in [4.69, 9.17) is 0 Å². The number of carbonyl (C=O) groups excluding carboxylic acids is 1. The second-order valence-electron chi connectivity index (χ2n) is 7.10. The summed E-state index contributed by atoms with van der Waals surface area (Å²) in [5.74, 6) is 1.26. The molecule has 4 rings (SSSR count). The Bertz CT molecular complexity index is 1000. The Labute approximate surface area is 165 Å². The van der Waals surface area contributed by atoms with Crippen molar-refractivity contribution in [2.24, 2.45) is 0 Å². The van der Waals surface area contributed by atoms with Crippen LogP contribution >= 0.6 is 0 Å². The molecule has 0 fully saturated rings. The molecular formula is C23H24N4O. The number of hydrogen-bond acceptors (Lipinski definition) is 4. The number of anilines is 3. The number of benzene rings is 2. The summed E-state index contributed by atoms with van der Waals surface area (Å²) in [5, 5.41) is 0. The normalized spacial score (nSPS) is 15.4. The highest BCUT2D eigenvalue weighted by Gasteiger charge is 2.32. The Balaban J connectivity index is 1.72. The van der Waals surface area contributed by atoms with Crippen LogP contribution in [-0.4, -0.2) is 28.5 Å². The zero-order valence-corrected chi connectivity index (χ0v) is 16.5. The highest BCUT2D eigenvalue weighted by molar-refractivity contribution is 6.07. The van der Waals surface area contributed by atoms with Crippen LogP contribution in [0.5, 0.6) is 0 Å². The van der Waals surface area contributed by atoms with Gasteiger partial charge in [0, 0.05) is 30.0 Å². The number of carbonyl (C=O) groups is 1. The van der Waals surface area contributed by atoms with Crippen LogP contribution in [0, 0.1) is 6.92 Å². The van der Waals surface area contributed by atoms with Gasteiger partial charge in [0.1, 0.15) is 17.3 Å². The van der Waals surface area contributed by atoms with Gasteiger partial charge in [-0.3, -0.25) is 4.79 Å². The fourth-order valence-electron chi connectivity index (χ4n) is 3.88. The van der Waals surface area contributed by atoms with Crippen LogP contribution in [0.4, 0.5) is 17.2 Å². The average Bonchev–Trinajstić information content (AvgIpc) is 3.04. The zero-order valence-electron chi connectivity index (χ0n) is 16.5. The molecule has 0 bridgehead atoms. The molecule has 3 aromatic rings. The number of hydrogen-bond donors (Lipinski definition) is 0. The van der Waals surface area contributed by atoms with Gasteiger partial charge in [-0.1, -0.05) is 36.4 Å². The first-order valence-electron chi connectivity index (χ1n) is 9.68. The van der Waals surface area contributed by atoms with E-state index >= 15 is 0 Å². The van der Waals surface area contributed by atoms with Gasteiger partial charge in [-0.25, -0.2) is 9.97 Å². The lowest BCUT2D eigenvalue weighted by molar-refractivity contribution is 0.0976. The van der Waals surface area contributed by atoms with E-state index in [9.17, 15) is 4.79 Å². The first-order chi connectivity index (χ1) is 13.6. The molecule has 1 aliphatic heterocycles. The number of aromatic nitrogens is 2. The molecule has 1 aromatic heterocycles. The van der Waals surface area contributed by atoms with Crippen molar-refractivity contribution >= 4 is 23.1 Å². The third kappa shape index (κ3) is 3.24. The molecule has 0 saturated heterocycles. The molecule has 0 N–H and O–H groups in total. The van der Waals surface area contributed by atoms with E-state index in [1.54, 1.807) is 6.07 Å². The van der Waals surface area contributed by atoms with Crippen LogP contribution in [0.25, 0.3) is 0 Å². The van der Waals surface area contributed by atoms with Gasteiger partial charge < -0.3 is 9.80 Å². The summed E-state index contributed by atoms with van der Waals surface area (Å²) in [6, 6.07) is 20.1. The molecule has 5 heteroatoms. The van der Waals surface area contributed by atoms with E-state index in [1.807, 2.05) is 60.4 Å². The Kier molecular flexibility index (Phi) is 4.82. The fraction of sp³-hybridized carbons (Fsp3) is 0.261. The predicted molar refractivity (Wildman–Crippen MR) is 112 cm³/mol. The van der Waals surface area contributed by atoms with E-state index in [-0.39, 0.29) is 11.9 Å². The maximum Gasteiger partial charge on any atom is 0.277 e. The lowest BCUT2D eigenvalue weighted by atomic mass is 10.1. The molecule has 28 heavy (non-hydrogen) atoms. The highest BCUT2D eigenvalue weighted by atomic mass is 16.2. The lowest BCUT2D eigenvalue weighted by Crippen LogP contribution is -2.36. The molecule has 0 spiro atoms. The Morgan fingerprint density at radius 1 is 1.11 bits per heavy atom. The average molecular weight is 372 g/mol.